The van der Waals surface area contributed by atoms with Gasteiger partial charge in [-0.15, -0.1) is 0 Å². The molecule has 224 valence electrons. The van der Waals surface area contributed by atoms with Crippen molar-refractivity contribution in [3.63, 3.8) is 0 Å². The molecule has 4 bridgehead atoms. The molecule has 12 nitrogen and oxygen atoms in total. The minimum Gasteiger partial charge on any atom is -0.461 e. The summed E-state index contributed by atoms with van der Waals surface area (Å²) in [7, 11) is 0. The van der Waals surface area contributed by atoms with Gasteiger partial charge in [0.1, 0.15) is 54.2 Å². The Labute approximate surface area is 240 Å². The molecule has 2 saturated heterocycles. The summed E-state index contributed by atoms with van der Waals surface area (Å²) in [5.74, 6) is -2.77. The van der Waals surface area contributed by atoms with Crippen LogP contribution in [0.15, 0.2) is 60.7 Å². The summed E-state index contributed by atoms with van der Waals surface area (Å²) in [4.78, 5) is 38.7. The van der Waals surface area contributed by atoms with Crippen molar-refractivity contribution in [1.29, 1.82) is 0 Å². The largest absolute Gasteiger partial charge is 0.461 e. The molecule has 0 radical (unpaired) electrons. The molecule has 0 spiro atoms. The fraction of sp³-hybridized carbons (Fsp3) is 0.500. The maximum absolute atomic E-state index is 13.5. The fourth-order valence-electron chi connectivity index (χ4n) is 6.99. The van der Waals surface area contributed by atoms with Crippen LogP contribution >= 0.6 is 0 Å². The average molecular weight is 585 g/mol. The van der Waals surface area contributed by atoms with Crippen molar-refractivity contribution >= 4 is 17.9 Å². The number of aliphatic hydroxyl groups is 4. The number of carbonyl (C=O) groups is 3. The first-order valence-electron chi connectivity index (χ1n) is 13.8. The van der Waals surface area contributed by atoms with Gasteiger partial charge < -0.3 is 44.1 Å². The highest BCUT2D eigenvalue weighted by molar-refractivity contribution is 5.91. The molecular formula is C30H32O12. The van der Waals surface area contributed by atoms with Gasteiger partial charge in [0.15, 0.2) is 6.29 Å². The number of hydrogen-bond acceptors (Lipinski definition) is 12. The van der Waals surface area contributed by atoms with E-state index in [2.05, 4.69) is 0 Å². The summed E-state index contributed by atoms with van der Waals surface area (Å²) >= 11 is 0. The standard InChI is InChI=1S/C30H32O12/c1-28-13-19(31)18-12-30(28,29(18,27(37)42-28)15-39-25(36)17-10-6-3-7-11-17)41-26-23(34)22(33)21(32)20(40-26)14-38-24(35)16-8-4-2-5-9-16/h2-11,18-23,26,31-34H,12-15H2,1H3/t18-,19-,20-,21-,22+,23-,26+,28+,29+,30+/m1/s1. The van der Waals surface area contributed by atoms with Crippen LogP contribution in [0.2, 0.25) is 0 Å². The van der Waals surface area contributed by atoms with Gasteiger partial charge in [-0.1, -0.05) is 36.4 Å². The van der Waals surface area contributed by atoms with Crippen molar-refractivity contribution < 1.29 is 58.5 Å². The lowest BCUT2D eigenvalue weighted by Crippen LogP contribution is -2.80. The number of fused-ring (bicyclic) bond motifs is 1. The molecule has 7 rings (SSSR count). The first kappa shape index (κ1) is 28.7. The number of esters is 3. The van der Waals surface area contributed by atoms with Crippen LogP contribution in [0.4, 0.5) is 0 Å². The van der Waals surface area contributed by atoms with Crippen LogP contribution in [0, 0.1) is 11.3 Å². The number of benzene rings is 2. The Kier molecular flexibility index (Phi) is 7.11. The van der Waals surface area contributed by atoms with Crippen LogP contribution in [0.5, 0.6) is 0 Å². The Hall–Kier alpha value is -3.39. The third-order valence-electron chi connectivity index (χ3n) is 9.28. The van der Waals surface area contributed by atoms with Gasteiger partial charge >= 0.3 is 17.9 Å². The van der Waals surface area contributed by atoms with Gasteiger partial charge in [0.25, 0.3) is 0 Å². The molecule has 4 N–H and O–H groups in total. The highest BCUT2D eigenvalue weighted by atomic mass is 16.7. The first-order chi connectivity index (χ1) is 20.0. The van der Waals surface area contributed by atoms with Gasteiger partial charge in [0.2, 0.25) is 0 Å². The SMILES string of the molecule is C[C@]12C[C@@H](O)[C@H]3C[C@@]1(O[C@@H]1O[C@H](COC(=O)c4ccccc4)[C@@H](O)[C@H](O)[C@H]1O)[C@]3(COC(=O)c1ccccc1)C(=O)O2. The first-order valence-corrected chi connectivity index (χ1v) is 13.8. The highest BCUT2D eigenvalue weighted by Gasteiger charge is 2.88. The van der Waals surface area contributed by atoms with E-state index >= 15 is 0 Å². The zero-order chi connectivity index (χ0) is 29.9. The lowest BCUT2D eigenvalue weighted by molar-refractivity contribution is -0.394. The second-order valence-electron chi connectivity index (χ2n) is 11.5. The quantitative estimate of drug-likeness (QED) is 0.248. The molecule has 2 aliphatic heterocycles. The summed E-state index contributed by atoms with van der Waals surface area (Å²) in [6.07, 6.45) is -8.87. The number of rotatable bonds is 8. The number of ether oxygens (including phenoxy) is 5. The second kappa shape index (κ2) is 10.4. The van der Waals surface area contributed by atoms with Gasteiger partial charge in [-0.05, 0) is 37.6 Å². The van der Waals surface area contributed by atoms with Gasteiger partial charge in [-0.25, -0.2) is 9.59 Å². The van der Waals surface area contributed by atoms with Gasteiger partial charge in [-0.3, -0.25) is 4.79 Å². The third-order valence-corrected chi connectivity index (χ3v) is 9.28. The average Bonchev–Trinajstić information content (AvgIpc) is 3.05. The van der Waals surface area contributed by atoms with Crippen molar-refractivity contribution in [1.82, 2.24) is 0 Å². The Bertz CT molecular complexity index is 1350. The van der Waals surface area contributed by atoms with E-state index in [4.69, 9.17) is 23.7 Å². The van der Waals surface area contributed by atoms with E-state index < -0.39 is 90.5 Å². The van der Waals surface area contributed by atoms with Crippen LogP contribution in [0.1, 0.15) is 40.5 Å². The Morgan fingerprint density at radius 1 is 0.857 bits per heavy atom. The van der Waals surface area contributed by atoms with Crippen molar-refractivity contribution in [2.24, 2.45) is 11.3 Å². The number of carbonyl (C=O) groups excluding carboxylic acids is 3. The molecule has 2 aromatic rings. The molecule has 3 saturated carbocycles. The van der Waals surface area contributed by atoms with Crippen molar-refractivity contribution in [2.45, 2.75) is 67.8 Å². The van der Waals surface area contributed by atoms with Crippen molar-refractivity contribution in [3.8, 4) is 0 Å². The zero-order valence-corrected chi connectivity index (χ0v) is 22.7. The van der Waals surface area contributed by atoms with Crippen LogP contribution in [-0.4, -0.2) is 99.6 Å². The fourth-order valence-corrected chi connectivity index (χ4v) is 6.99. The van der Waals surface area contributed by atoms with E-state index in [1.807, 2.05) is 0 Å². The van der Waals surface area contributed by atoms with E-state index in [0.29, 0.717) is 0 Å². The molecular weight excluding hydrogens is 552 g/mol. The van der Waals surface area contributed by atoms with E-state index in [-0.39, 0.29) is 24.0 Å². The van der Waals surface area contributed by atoms with E-state index in [1.165, 1.54) is 0 Å². The van der Waals surface area contributed by atoms with Crippen LogP contribution in [-0.2, 0) is 28.5 Å². The maximum atomic E-state index is 13.5. The van der Waals surface area contributed by atoms with E-state index in [1.54, 1.807) is 67.6 Å². The predicted molar refractivity (Wildman–Crippen MR) is 140 cm³/mol. The second-order valence-corrected chi connectivity index (χ2v) is 11.5. The van der Waals surface area contributed by atoms with Gasteiger partial charge in [-0.2, -0.15) is 0 Å². The normalized spacial score (nSPS) is 40.0. The van der Waals surface area contributed by atoms with Gasteiger partial charge in [0, 0.05) is 12.3 Å². The number of hydrogen-bond donors (Lipinski definition) is 4. The third kappa shape index (κ3) is 4.16. The monoisotopic (exact) mass is 584 g/mol. The summed E-state index contributed by atoms with van der Waals surface area (Å²) in [6.45, 7) is 0.645. The molecule has 0 amide bonds. The highest BCUT2D eigenvalue weighted by Crippen LogP contribution is 2.73. The lowest BCUT2D eigenvalue weighted by Gasteiger charge is -2.66. The van der Waals surface area contributed by atoms with Crippen molar-refractivity contribution in [2.75, 3.05) is 13.2 Å². The van der Waals surface area contributed by atoms with Crippen LogP contribution in [0.3, 0.4) is 0 Å². The molecule has 2 heterocycles. The summed E-state index contributed by atoms with van der Waals surface area (Å²) < 4.78 is 28.8. The lowest BCUT2D eigenvalue weighted by atomic mass is 9.40. The molecule has 2 aromatic carbocycles. The smallest absolute Gasteiger partial charge is 0.338 e. The Balaban J connectivity index is 1.24. The minimum absolute atomic E-state index is 0.0178. The summed E-state index contributed by atoms with van der Waals surface area (Å²) in [5, 5.41) is 43.0. The summed E-state index contributed by atoms with van der Waals surface area (Å²) in [5.41, 5.74) is -4.00. The molecule has 0 unspecified atom stereocenters. The summed E-state index contributed by atoms with van der Waals surface area (Å²) in [6, 6.07) is 16.3. The minimum atomic E-state index is -1.76. The van der Waals surface area contributed by atoms with E-state index in [9.17, 15) is 34.8 Å². The maximum Gasteiger partial charge on any atom is 0.338 e. The van der Waals surface area contributed by atoms with E-state index in [0.717, 1.165) is 0 Å². The van der Waals surface area contributed by atoms with Crippen LogP contribution in [0.25, 0.3) is 0 Å². The molecule has 42 heavy (non-hydrogen) atoms. The molecule has 5 aliphatic rings. The zero-order valence-electron chi connectivity index (χ0n) is 22.7. The Morgan fingerprint density at radius 2 is 1.45 bits per heavy atom. The van der Waals surface area contributed by atoms with Gasteiger partial charge in [0.05, 0.1) is 17.2 Å². The Morgan fingerprint density at radius 3 is 2.07 bits per heavy atom. The number of aliphatic hydroxyl groups excluding tert-OH is 4. The molecule has 10 atom stereocenters. The molecule has 0 aromatic heterocycles. The van der Waals surface area contributed by atoms with Crippen LogP contribution < -0.4 is 0 Å². The predicted octanol–water partition coefficient (Wildman–Crippen LogP) is 0.350. The molecule has 5 fully saturated rings. The molecule has 12 heteroatoms. The molecule has 3 aliphatic carbocycles. The topological polar surface area (TPSA) is 178 Å². The van der Waals surface area contributed by atoms with Crippen molar-refractivity contribution in [3.05, 3.63) is 71.8 Å².